The van der Waals surface area contributed by atoms with E-state index in [1.165, 1.54) is 16.9 Å². The fourth-order valence-electron chi connectivity index (χ4n) is 3.09. The quantitative estimate of drug-likeness (QED) is 0.752. The lowest BCUT2D eigenvalue weighted by molar-refractivity contribution is -0.137. The van der Waals surface area contributed by atoms with Gasteiger partial charge in [-0.05, 0) is 38.3 Å². The number of carboxylic acid groups (broad SMARTS) is 1. The molecule has 1 N–H and O–H groups in total. The standard InChI is InChI=1S/C19H20N2O3S/c1-11-6-7-14(12(2)9-11)15-10-25-18-17(15)19(24)21(13(3)20-18)8-4-5-16(22)23/h6-7,9-10H,4-5,8H2,1-3H3,(H,22,23). The Bertz CT molecular complexity index is 1020. The molecule has 0 spiro atoms. The summed E-state index contributed by atoms with van der Waals surface area (Å²) in [7, 11) is 0. The van der Waals surface area contributed by atoms with Crippen molar-refractivity contribution in [2.24, 2.45) is 0 Å². The van der Waals surface area contributed by atoms with E-state index in [1.807, 2.05) is 31.4 Å². The number of benzene rings is 1. The van der Waals surface area contributed by atoms with Crippen molar-refractivity contribution in [2.45, 2.75) is 40.2 Å². The second-order valence-electron chi connectivity index (χ2n) is 6.26. The molecule has 0 aliphatic heterocycles. The molecule has 0 atom stereocenters. The van der Waals surface area contributed by atoms with Crippen LogP contribution in [0.15, 0.2) is 28.4 Å². The third-order valence-corrected chi connectivity index (χ3v) is 5.20. The summed E-state index contributed by atoms with van der Waals surface area (Å²) in [5.41, 5.74) is 4.15. The van der Waals surface area contributed by atoms with Crippen LogP contribution in [-0.2, 0) is 11.3 Å². The Hall–Kier alpha value is -2.47. The van der Waals surface area contributed by atoms with Crippen LogP contribution in [0, 0.1) is 20.8 Å². The molecule has 3 rings (SSSR count). The lowest BCUT2D eigenvalue weighted by Gasteiger charge is -2.10. The van der Waals surface area contributed by atoms with Crippen molar-refractivity contribution in [1.82, 2.24) is 9.55 Å². The van der Waals surface area contributed by atoms with Gasteiger partial charge < -0.3 is 5.11 Å². The van der Waals surface area contributed by atoms with Gasteiger partial charge in [0, 0.05) is 23.9 Å². The number of aliphatic carboxylic acids is 1. The van der Waals surface area contributed by atoms with Crippen LogP contribution in [0.5, 0.6) is 0 Å². The van der Waals surface area contributed by atoms with Gasteiger partial charge in [-0.15, -0.1) is 11.3 Å². The molecule has 2 heterocycles. The molecule has 2 aromatic heterocycles. The Morgan fingerprint density at radius 3 is 2.68 bits per heavy atom. The van der Waals surface area contributed by atoms with E-state index in [9.17, 15) is 9.59 Å². The Morgan fingerprint density at radius 2 is 2.00 bits per heavy atom. The van der Waals surface area contributed by atoms with Gasteiger partial charge in [0.1, 0.15) is 10.7 Å². The lowest BCUT2D eigenvalue weighted by atomic mass is 9.99. The average Bonchev–Trinajstić information content (AvgIpc) is 2.94. The zero-order chi connectivity index (χ0) is 18.1. The SMILES string of the molecule is Cc1ccc(-c2csc3nc(C)n(CCCC(=O)O)c(=O)c23)c(C)c1. The molecule has 0 unspecified atom stereocenters. The van der Waals surface area contributed by atoms with Crippen LogP contribution >= 0.6 is 11.3 Å². The highest BCUT2D eigenvalue weighted by Crippen LogP contribution is 2.33. The van der Waals surface area contributed by atoms with Gasteiger partial charge in [0.25, 0.3) is 5.56 Å². The number of aryl methyl sites for hydroxylation is 3. The van der Waals surface area contributed by atoms with Crippen molar-refractivity contribution in [2.75, 3.05) is 0 Å². The summed E-state index contributed by atoms with van der Waals surface area (Å²) in [5, 5.41) is 11.4. The van der Waals surface area contributed by atoms with E-state index < -0.39 is 5.97 Å². The second kappa shape index (κ2) is 6.80. The van der Waals surface area contributed by atoms with Gasteiger partial charge in [-0.3, -0.25) is 14.2 Å². The number of hydrogen-bond acceptors (Lipinski definition) is 4. The molecular weight excluding hydrogens is 336 g/mol. The van der Waals surface area contributed by atoms with Gasteiger partial charge in [0.05, 0.1) is 5.39 Å². The van der Waals surface area contributed by atoms with Gasteiger partial charge in [0.15, 0.2) is 0 Å². The highest BCUT2D eigenvalue weighted by molar-refractivity contribution is 7.17. The number of hydrogen-bond donors (Lipinski definition) is 1. The van der Waals surface area contributed by atoms with Gasteiger partial charge in [-0.1, -0.05) is 23.8 Å². The summed E-state index contributed by atoms with van der Waals surface area (Å²) >= 11 is 1.47. The number of carboxylic acids is 1. The van der Waals surface area contributed by atoms with Crippen molar-refractivity contribution in [3.63, 3.8) is 0 Å². The summed E-state index contributed by atoms with van der Waals surface area (Å²) < 4.78 is 1.59. The Kier molecular flexibility index (Phi) is 4.72. The first-order chi connectivity index (χ1) is 11.9. The van der Waals surface area contributed by atoms with Gasteiger partial charge in [-0.2, -0.15) is 0 Å². The van der Waals surface area contributed by atoms with Crippen LogP contribution < -0.4 is 5.56 Å². The molecule has 0 bridgehead atoms. The molecule has 0 aliphatic rings. The first-order valence-corrected chi connectivity index (χ1v) is 9.04. The maximum atomic E-state index is 13.0. The van der Waals surface area contributed by atoms with Crippen molar-refractivity contribution in [3.8, 4) is 11.1 Å². The van der Waals surface area contributed by atoms with Crippen LogP contribution in [0.1, 0.15) is 29.8 Å². The monoisotopic (exact) mass is 356 g/mol. The van der Waals surface area contributed by atoms with E-state index in [4.69, 9.17) is 5.11 Å². The Morgan fingerprint density at radius 1 is 1.24 bits per heavy atom. The fourth-order valence-corrected chi connectivity index (χ4v) is 4.07. The minimum atomic E-state index is -0.855. The molecular formula is C19H20N2O3S. The number of rotatable bonds is 5. The molecule has 130 valence electrons. The molecule has 5 nitrogen and oxygen atoms in total. The van der Waals surface area contributed by atoms with Crippen molar-refractivity contribution in [3.05, 3.63) is 50.9 Å². The van der Waals surface area contributed by atoms with Crippen LogP contribution in [0.25, 0.3) is 21.3 Å². The highest BCUT2D eigenvalue weighted by Gasteiger charge is 2.16. The van der Waals surface area contributed by atoms with Gasteiger partial charge >= 0.3 is 5.97 Å². The topological polar surface area (TPSA) is 72.2 Å². The van der Waals surface area contributed by atoms with E-state index in [-0.39, 0.29) is 12.0 Å². The summed E-state index contributed by atoms with van der Waals surface area (Å²) in [6, 6.07) is 6.19. The van der Waals surface area contributed by atoms with Crippen LogP contribution in [0.3, 0.4) is 0 Å². The van der Waals surface area contributed by atoms with Crippen molar-refractivity contribution in [1.29, 1.82) is 0 Å². The third-order valence-electron chi connectivity index (χ3n) is 4.33. The molecule has 0 radical (unpaired) electrons. The van der Waals surface area contributed by atoms with Crippen LogP contribution in [0.4, 0.5) is 0 Å². The maximum Gasteiger partial charge on any atom is 0.303 e. The first-order valence-electron chi connectivity index (χ1n) is 8.16. The maximum absolute atomic E-state index is 13.0. The van der Waals surface area contributed by atoms with E-state index >= 15 is 0 Å². The normalized spacial score (nSPS) is 11.2. The van der Waals surface area contributed by atoms with Crippen LogP contribution in [0.2, 0.25) is 0 Å². The molecule has 0 saturated carbocycles. The lowest BCUT2D eigenvalue weighted by Crippen LogP contribution is -2.24. The zero-order valence-corrected chi connectivity index (χ0v) is 15.3. The first kappa shape index (κ1) is 17.4. The minimum absolute atomic E-state index is 0.0392. The van der Waals surface area contributed by atoms with Crippen LogP contribution in [-0.4, -0.2) is 20.6 Å². The highest BCUT2D eigenvalue weighted by atomic mass is 32.1. The van der Waals surface area contributed by atoms with Gasteiger partial charge in [-0.25, -0.2) is 4.98 Å². The van der Waals surface area contributed by atoms with Crippen molar-refractivity contribution < 1.29 is 9.90 Å². The van der Waals surface area contributed by atoms with E-state index in [1.54, 1.807) is 11.5 Å². The summed E-state index contributed by atoms with van der Waals surface area (Å²) in [6.45, 7) is 6.24. The molecule has 0 aliphatic carbocycles. The predicted octanol–water partition coefficient (Wildman–Crippen LogP) is 3.92. The predicted molar refractivity (Wildman–Crippen MR) is 100 cm³/mol. The van der Waals surface area contributed by atoms with Gasteiger partial charge in [0.2, 0.25) is 0 Å². The second-order valence-corrected chi connectivity index (χ2v) is 7.12. The number of carbonyl (C=O) groups is 1. The molecule has 0 fully saturated rings. The summed E-state index contributed by atoms with van der Waals surface area (Å²) in [6.07, 6.45) is 0.448. The zero-order valence-electron chi connectivity index (χ0n) is 14.5. The number of aromatic nitrogens is 2. The van der Waals surface area contributed by atoms with E-state index in [0.717, 1.165) is 21.5 Å². The van der Waals surface area contributed by atoms with Crippen molar-refractivity contribution >= 4 is 27.5 Å². The van der Waals surface area contributed by atoms with E-state index in [0.29, 0.717) is 24.2 Å². The Balaban J connectivity index is 2.13. The number of fused-ring (bicyclic) bond motifs is 1. The van der Waals surface area contributed by atoms with E-state index in [2.05, 4.69) is 11.1 Å². The minimum Gasteiger partial charge on any atom is -0.481 e. The Labute approximate surface area is 149 Å². The average molecular weight is 356 g/mol. The number of thiophene rings is 1. The fraction of sp³-hybridized carbons (Fsp3) is 0.316. The molecule has 6 heteroatoms. The smallest absolute Gasteiger partial charge is 0.303 e. The number of nitrogens with zero attached hydrogens (tertiary/aromatic N) is 2. The molecule has 25 heavy (non-hydrogen) atoms. The largest absolute Gasteiger partial charge is 0.481 e. The molecule has 3 aromatic rings. The molecule has 0 amide bonds. The summed E-state index contributed by atoms with van der Waals surface area (Å²) in [4.78, 5) is 29.1. The third kappa shape index (κ3) is 3.35. The molecule has 1 aromatic carbocycles. The summed E-state index contributed by atoms with van der Waals surface area (Å²) in [5.74, 6) is -0.233. The molecule has 0 saturated heterocycles.